The minimum absolute atomic E-state index is 0.314. The fourth-order valence-electron chi connectivity index (χ4n) is 3.26. The predicted octanol–water partition coefficient (Wildman–Crippen LogP) is 5.44. The molecule has 0 atom stereocenters. The third-order valence-corrected chi connectivity index (χ3v) is 6.28. The number of aromatic nitrogens is 1. The van der Waals surface area contributed by atoms with E-state index in [9.17, 15) is 4.79 Å². The van der Waals surface area contributed by atoms with E-state index in [1.807, 2.05) is 27.0 Å². The number of carbonyl (C=O) groups is 1. The molecule has 150 valence electrons. The van der Waals surface area contributed by atoms with Crippen molar-refractivity contribution in [2.45, 2.75) is 65.5 Å². The smallest absolute Gasteiger partial charge is 0.418 e. The van der Waals surface area contributed by atoms with Crippen molar-refractivity contribution in [2.75, 3.05) is 20.6 Å². The summed E-state index contributed by atoms with van der Waals surface area (Å²) in [5, 5.41) is 1.18. The molecule has 0 N–H and O–H groups in total. The number of ether oxygens (including phenoxy) is 1. The molecule has 4 nitrogen and oxygen atoms in total. The Bertz CT molecular complexity index is 823. The van der Waals surface area contributed by atoms with Gasteiger partial charge in [0.05, 0.1) is 26.2 Å². The third kappa shape index (κ3) is 5.69. The van der Waals surface area contributed by atoms with Gasteiger partial charge in [-0.25, -0.2) is 4.79 Å². The second kappa shape index (κ2) is 7.44. The zero-order valence-electron chi connectivity index (χ0n) is 18.6. The first-order valence-electron chi connectivity index (χ1n) is 9.90. The molecule has 0 amide bonds. The third-order valence-electron chi connectivity index (χ3n) is 4.83. The highest BCUT2D eigenvalue weighted by atomic mass is 28.3. The number of hydrogen-bond donors (Lipinski definition) is 0. The molecule has 0 spiro atoms. The number of nitrogens with zero attached hydrogens (tertiary/aromatic N) is 2. The highest BCUT2D eigenvalue weighted by Crippen LogP contribution is 2.29. The van der Waals surface area contributed by atoms with E-state index in [2.05, 4.69) is 58.9 Å². The SMILES string of the molecule is CC[N+](C)(C)Cc1c(C[Si](C)(C)C)ccc2c1ccn2C(=O)OC(C)(C)C. The number of rotatable bonds is 5. The van der Waals surface area contributed by atoms with Gasteiger partial charge in [-0.2, -0.15) is 0 Å². The molecule has 0 unspecified atom stereocenters. The molecule has 27 heavy (non-hydrogen) atoms. The number of fused-ring (bicyclic) bond motifs is 1. The summed E-state index contributed by atoms with van der Waals surface area (Å²) in [5.41, 5.74) is 3.25. The summed E-state index contributed by atoms with van der Waals surface area (Å²) in [7, 11) is 3.28. The molecule has 1 aromatic heterocycles. The van der Waals surface area contributed by atoms with Gasteiger partial charge >= 0.3 is 6.09 Å². The molecule has 5 heteroatoms. The molecule has 1 aromatic carbocycles. The van der Waals surface area contributed by atoms with Gasteiger partial charge < -0.3 is 9.22 Å². The van der Waals surface area contributed by atoms with Crippen LogP contribution in [-0.4, -0.2) is 49.5 Å². The Kier molecular flexibility index (Phi) is 5.98. The van der Waals surface area contributed by atoms with Crippen LogP contribution in [0.25, 0.3) is 10.9 Å². The molecule has 1 heterocycles. The van der Waals surface area contributed by atoms with Gasteiger partial charge in [-0.05, 0) is 51.4 Å². The van der Waals surface area contributed by atoms with E-state index in [1.165, 1.54) is 16.5 Å². The minimum atomic E-state index is -1.25. The highest BCUT2D eigenvalue weighted by Gasteiger charge is 2.25. The lowest BCUT2D eigenvalue weighted by atomic mass is 10.0. The lowest BCUT2D eigenvalue weighted by molar-refractivity contribution is -0.901. The van der Waals surface area contributed by atoms with Gasteiger partial charge in [-0.3, -0.25) is 4.57 Å². The Morgan fingerprint density at radius 1 is 1.15 bits per heavy atom. The Balaban J connectivity index is 2.58. The van der Waals surface area contributed by atoms with Crippen LogP contribution < -0.4 is 0 Å². The zero-order valence-corrected chi connectivity index (χ0v) is 19.6. The number of hydrogen-bond acceptors (Lipinski definition) is 2. The van der Waals surface area contributed by atoms with Crippen LogP contribution in [0.4, 0.5) is 4.79 Å². The fraction of sp³-hybridized carbons (Fsp3) is 0.591. The van der Waals surface area contributed by atoms with E-state index >= 15 is 0 Å². The molecule has 0 saturated heterocycles. The monoisotopic (exact) mass is 389 g/mol. The summed E-state index contributed by atoms with van der Waals surface area (Å²) >= 11 is 0. The van der Waals surface area contributed by atoms with E-state index in [4.69, 9.17) is 4.74 Å². The van der Waals surface area contributed by atoms with Gasteiger partial charge in [0.2, 0.25) is 0 Å². The van der Waals surface area contributed by atoms with Crippen LogP contribution in [0.3, 0.4) is 0 Å². The van der Waals surface area contributed by atoms with E-state index in [0.717, 1.165) is 29.1 Å². The van der Waals surface area contributed by atoms with Crippen molar-refractivity contribution in [2.24, 2.45) is 0 Å². The zero-order chi connectivity index (χ0) is 20.6. The second-order valence-corrected chi connectivity index (χ2v) is 15.9. The summed E-state index contributed by atoms with van der Waals surface area (Å²) in [6.07, 6.45) is 1.54. The number of carbonyl (C=O) groups excluding carboxylic acids is 1. The maximum atomic E-state index is 12.6. The summed E-state index contributed by atoms with van der Waals surface area (Å²) in [4.78, 5) is 12.6. The second-order valence-electron chi connectivity index (χ2n) is 10.4. The first-order valence-corrected chi connectivity index (χ1v) is 13.6. The lowest BCUT2D eigenvalue weighted by Gasteiger charge is -2.30. The molecule has 0 fully saturated rings. The summed E-state index contributed by atoms with van der Waals surface area (Å²) in [6, 6.07) is 7.55. The molecule has 0 aliphatic rings. The van der Waals surface area contributed by atoms with E-state index in [0.29, 0.717) is 0 Å². The number of quaternary nitrogens is 1. The largest absolute Gasteiger partial charge is 0.443 e. The van der Waals surface area contributed by atoms with Crippen LogP contribution in [0.15, 0.2) is 24.4 Å². The summed E-state index contributed by atoms with van der Waals surface area (Å²) in [6.45, 7) is 17.2. The lowest BCUT2D eigenvalue weighted by Crippen LogP contribution is -2.39. The van der Waals surface area contributed by atoms with E-state index in [1.54, 1.807) is 4.57 Å². The van der Waals surface area contributed by atoms with Gasteiger partial charge in [0.1, 0.15) is 12.1 Å². The average Bonchev–Trinajstić information content (AvgIpc) is 2.91. The molecular formula is C22H37N2O2Si+. The Morgan fingerprint density at radius 2 is 1.78 bits per heavy atom. The summed E-state index contributed by atoms with van der Waals surface area (Å²) < 4.78 is 8.16. The van der Waals surface area contributed by atoms with Crippen molar-refractivity contribution in [3.63, 3.8) is 0 Å². The van der Waals surface area contributed by atoms with Crippen molar-refractivity contribution in [3.8, 4) is 0 Å². The number of benzene rings is 1. The highest BCUT2D eigenvalue weighted by molar-refractivity contribution is 6.75. The fourth-order valence-corrected chi connectivity index (χ4v) is 4.73. The molecule has 0 aliphatic heterocycles. The molecule has 0 saturated carbocycles. The maximum absolute atomic E-state index is 12.6. The van der Waals surface area contributed by atoms with Gasteiger partial charge in [0.25, 0.3) is 0 Å². The Morgan fingerprint density at radius 3 is 2.30 bits per heavy atom. The van der Waals surface area contributed by atoms with Crippen molar-refractivity contribution < 1.29 is 14.0 Å². The van der Waals surface area contributed by atoms with E-state index < -0.39 is 13.7 Å². The Labute approximate surface area is 165 Å². The molecule has 0 bridgehead atoms. The molecule has 0 aliphatic carbocycles. The van der Waals surface area contributed by atoms with Crippen LogP contribution >= 0.6 is 0 Å². The van der Waals surface area contributed by atoms with Gasteiger partial charge in [-0.1, -0.05) is 25.7 Å². The standard InChI is InChI=1S/C22H37N2O2Si/c1-10-24(5,6)15-19-17(16-27(7,8)9)11-12-20-18(19)13-14-23(20)21(25)26-22(2,3)4/h11-14H,10,15-16H2,1-9H3/q+1. The van der Waals surface area contributed by atoms with Crippen molar-refractivity contribution in [1.29, 1.82) is 0 Å². The topological polar surface area (TPSA) is 31.2 Å². The first kappa shape index (κ1) is 21.7. The van der Waals surface area contributed by atoms with Gasteiger partial charge in [-0.15, -0.1) is 0 Å². The van der Waals surface area contributed by atoms with Crippen LogP contribution in [0, 0.1) is 0 Å². The van der Waals surface area contributed by atoms with Gasteiger partial charge in [0, 0.05) is 25.2 Å². The van der Waals surface area contributed by atoms with Crippen molar-refractivity contribution >= 4 is 25.1 Å². The van der Waals surface area contributed by atoms with E-state index in [-0.39, 0.29) is 6.09 Å². The van der Waals surface area contributed by atoms with Crippen LogP contribution in [0.1, 0.15) is 38.8 Å². The molecule has 0 radical (unpaired) electrons. The van der Waals surface area contributed by atoms with Crippen molar-refractivity contribution in [1.82, 2.24) is 4.57 Å². The van der Waals surface area contributed by atoms with Gasteiger partial charge in [0.15, 0.2) is 0 Å². The normalized spacial score (nSPS) is 13.2. The molecule has 2 aromatic rings. The minimum Gasteiger partial charge on any atom is -0.443 e. The molecular weight excluding hydrogens is 352 g/mol. The maximum Gasteiger partial charge on any atom is 0.418 e. The predicted molar refractivity (Wildman–Crippen MR) is 117 cm³/mol. The van der Waals surface area contributed by atoms with Crippen molar-refractivity contribution in [3.05, 3.63) is 35.5 Å². The van der Waals surface area contributed by atoms with Crippen LogP contribution in [0.5, 0.6) is 0 Å². The van der Waals surface area contributed by atoms with Crippen LogP contribution in [-0.2, 0) is 17.3 Å². The average molecular weight is 390 g/mol. The quantitative estimate of drug-likeness (QED) is 0.503. The summed E-state index contributed by atoms with van der Waals surface area (Å²) in [5.74, 6) is 0. The Hall–Kier alpha value is -1.59. The first-order chi connectivity index (χ1) is 12.2. The molecule has 2 rings (SSSR count). The van der Waals surface area contributed by atoms with Crippen LogP contribution in [0.2, 0.25) is 19.6 Å².